The number of ether oxygens (including phenoxy) is 1. The smallest absolute Gasteiger partial charge is 0.410 e. The molecule has 0 radical (unpaired) electrons. The van der Waals surface area contributed by atoms with Gasteiger partial charge in [0, 0.05) is 43.3 Å². The third kappa shape index (κ3) is 7.95. The van der Waals surface area contributed by atoms with E-state index >= 15 is 0 Å². The van der Waals surface area contributed by atoms with Crippen molar-refractivity contribution in [3.8, 4) is 0 Å². The maximum atomic E-state index is 12.9. The van der Waals surface area contributed by atoms with Gasteiger partial charge in [0.2, 0.25) is 5.91 Å². The van der Waals surface area contributed by atoms with Gasteiger partial charge >= 0.3 is 6.09 Å². The van der Waals surface area contributed by atoms with Gasteiger partial charge in [0.05, 0.1) is 17.2 Å². The molecule has 3 amide bonds. The van der Waals surface area contributed by atoms with E-state index in [0.29, 0.717) is 48.8 Å². The summed E-state index contributed by atoms with van der Waals surface area (Å²) in [5.41, 5.74) is 8.29. The molecule has 0 bridgehead atoms. The standard InChI is InChI=1S/C30H36N6O4/c1-30(2,3)40-29(39)36-15-7-10-21(19-36)28(38)35-23-13-11-22(12-14-23)34-26-16-25(24(18-33-26)27(31)37)32-17-20-8-5-4-6-9-20/h4-6,8-9,11-14,16,18,21H,7,10,15,17,19H2,1-3H3,(H2,31,37)(H,35,38)(H2,32,33,34). The van der Waals surface area contributed by atoms with Gasteiger partial charge in [0.1, 0.15) is 11.4 Å². The Balaban J connectivity index is 1.36. The fraction of sp³-hybridized carbons (Fsp3) is 0.333. The van der Waals surface area contributed by atoms with E-state index in [1.807, 2.05) is 63.2 Å². The van der Waals surface area contributed by atoms with Gasteiger partial charge in [-0.25, -0.2) is 9.78 Å². The van der Waals surface area contributed by atoms with Crippen molar-refractivity contribution in [2.75, 3.05) is 29.0 Å². The van der Waals surface area contributed by atoms with Crippen LogP contribution in [0.2, 0.25) is 0 Å². The van der Waals surface area contributed by atoms with Gasteiger partial charge in [-0.2, -0.15) is 0 Å². The van der Waals surface area contributed by atoms with Crippen molar-refractivity contribution >= 4 is 40.8 Å². The molecule has 2 heterocycles. The average Bonchev–Trinajstić information content (AvgIpc) is 2.92. The molecule has 210 valence electrons. The topological polar surface area (TPSA) is 139 Å². The molecule has 10 nitrogen and oxygen atoms in total. The molecule has 1 aliphatic rings. The highest BCUT2D eigenvalue weighted by Crippen LogP contribution is 2.25. The van der Waals surface area contributed by atoms with E-state index in [0.717, 1.165) is 17.7 Å². The lowest BCUT2D eigenvalue weighted by atomic mass is 9.97. The minimum absolute atomic E-state index is 0.133. The number of pyridine rings is 1. The van der Waals surface area contributed by atoms with Gasteiger partial charge in [-0.15, -0.1) is 0 Å². The van der Waals surface area contributed by atoms with E-state index in [4.69, 9.17) is 10.5 Å². The van der Waals surface area contributed by atoms with E-state index < -0.39 is 17.6 Å². The van der Waals surface area contributed by atoms with Crippen LogP contribution < -0.4 is 21.7 Å². The second kappa shape index (κ2) is 12.5. The number of rotatable bonds is 8. The van der Waals surface area contributed by atoms with E-state index in [2.05, 4.69) is 20.9 Å². The zero-order chi connectivity index (χ0) is 28.7. The van der Waals surface area contributed by atoms with Crippen LogP contribution in [0.4, 0.5) is 27.7 Å². The van der Waals surface area contributed by atoms with Gasteiger partial charge < -0.3 is 31.3 Å². The molecule has 0 spiro atoms. The Labute approximate surface area is 234 Å². The molecular weight excluding hydrogens is 508 g/mol. The first-order chi connectivity index (χ1) is 19.1. The zero-order valence-electron chi connectivity index (χ0n) is 23.1. The van der Waals surface area contributed by atoms with Crippen molar-refractivity contribution in [2.45, 2.75) is 45.8 Å². The molecule has 1 atom stereocenters. The third-order valence-corrected chi connectivity index (χ3v) is 6.36. The number of likely N-dealkylation sites (tertiary alicyclic amines) is 1. The molecule has 3 aromatic rings. The van der Waals surface area contributed by atoms with Crippen molar-refractivity contribution in [1.29, 1.82) is 0 Å². The molecular formula is C30H36N6O4. The van der Waals surface area contributed by atoms with Gasteiger partial charge in [0.25, 0.3) is 5.91 Å². The van der Waals surface area contributed by atoms with Crippen molar-refractivity contribution in [2.24, 2.45) is 11.7 Å². The lowest BCUT2D eigenvalue weighted by Crippen LogP contribution is -2.45. The van der Waals surface area contributed by atoms with Crippen LogP contribution in [0.1, 0.15) is 49.5 Å². The Bertz CT molecular complexity index is 1340. The summed E-state index contributed by atoms with van der Waals surface area (Å²) < 4.78 is 5.46. The molecule has 1 unspecified atom stereocenters. The van der Waals surface area contributed by atoms with Crippen LogP contribution in [-0.2, 0) is 16.1 Å². The van der Waals surface area contributed by atoms with Crippen molar-refractivity contribution in [3.05, 3.63) is 78.0 Å². The predicted molar refractivity (Wildman–Crippen MR) is 155 cm³/mol. The quantitative estimate of drug-likeness (QED) is 0.309. The maximum Gasteiger partial charge on any atom is 0.410 e. The number of nitrogens with zero attached hydrogens (tertiary/aromatic N) is 2. The first-order valence-electron chi connectivity index (χ1n) is 13.3. The number of nitrogens with two attached hydrogens (primary N) is 1. The molecule has 1 fully saturated rings. The number of anilines is 4. The van der Waals surface area contributed by atoms with Crippen LogP contribution in [0.3, 0.4) is 0 Å². The highest BCUT2D eigenvalue weighted by molar-refractivity contribution is 5.98. The Kier molecular flexibility index (Phi) is 8.88. The number of hydrogen-bond donors (Lipinski definition) is 4. The molecule has 5 N–H and O–H groups in total. The number of amides is 3. The lowest BCUT2D eigenvalue weighted by Gasteiger charge is -2.33. The minimum atomic E-state index is -0.582. The lowest BCUT2D eigenvalue weighted by molar-refractivity contribution is -0.121. The second-order valence-electron chi connectivity index (χ2n) is 10.8. The summed E-state index contributed by atoms with van der Waals surface area (Å²) >= 11 is 0. The fourth-order valence-electron chi connectivity index (χ4n) is 4.37. The van der Waals surface area contributed by atoms with Crippen LogP contribution in [0, 0.1) is 5.92 Å². The number of carbonyl (C=O) groups is 3. The first-order valence-corrected chi connectivity index (χ1v) is 13.3. The molecule has 1 aliphatic heterocycles. The third-order valence-electron chi connectivity index (χ3n) is 6.36. The Hall–Kier alpha value is -4.60. The van der Waals surface area contributed by atoms with Gasteiger partial charge in [0.15, 0.2) is 0 Å². The second-order valence-corrected chi connectivity index (χ2v) is 10.8. The van der Waals surface area contributed by atoms with Crippen molar-refractivity contribution in [3.63, 3.8) is 0 Å². The normalized spacial score (nSPS) is 15.2. The molecule has 0 aliphatic carbocycles. The number of aromatic nitrogens is 1. The first kappa shape index (κ1) is 28.4. The number of primary amides is 1. The molecule has 2 aromatic carbocycles. The Morgan fingerprint density at radius 3 is 2.42 bits per heavy atom. The van der Waals surface area contributed by atoms with Crippen LogP contribution >= 0.6 is 0 Å². The van der Waals surface area contributed by atoms with E-state index in [1.54, 1.807) is 23.1 Å². The average molecular weight is 545 g/mol. The van der Waals surface area contributed by atoms with Crippen LogP contribution in [0.5, 0.6) is 0 Å². The number of benzene rings is 2. The molecule has 1 saturated heterocycles. The molecule has 1 aromatic heterocycles. The molecule has 0 saturated carbocycles. The Morgan fingerprint density at radius 1 is 1.05 bits per heavy atom. The molecule has 10 heteroatoms. The van der Waals surface area contributed by atoms with Crippen LogP contribution in [-0.4, -0.2) is 46.5 Å². The van der Waals surface area contributed by atoms with E-state index in [9.17, 15) is 14.4 Å². The maximum absolute atomic E-state index is 12.9. The molecule has 40 heavy (non-hydrogen) atoms. The number of carbonyl (C=O) groups excluding carboxylic acids is 3. The van der Waals surface area contributed by atoms with Crippen LogP contribution in [0.25, 0.3) is 0 Å². The summed E-state index contributed by atoms with van der Waals surface area (Å²) in [6.45, 7) is 6.91. The fourth-order valence-corrected chi connectivity index (χ4v) is 4.37. The van der Waals surface area contributed by atoms with Gasteiger partial charge in [-0.05, 0) is 63.4 Å². The van der Waals surface area contributed by atoms with E-state index in [1.165, 1.54) is 6.20 Å². The summed E-state index contributed by atoms with van der Waals surface area (Å²) in [5.74, 6) is -0.482. The van der Waals surface area contributed by atoms with Gasteiger partial charge in [-0.3, -0.25) is 9.59 Å². The van der Waals surface area contributed by atoms with Crippen LogP contribution in [0.15, 0.2) is 66.9 Å². The summed E-state index contributed by atoms with van der Waals surface area (Å²) in [7, 11) is 0. The number of piperidine rings is 1. The predicted octanol–water partition coefficient (Wildman–Crippen LogP) is 5.12. The van der Waals surface area contributed by atoms with Crippen molar-refractivity contribution < 1.29 is 19.1 Å². The van der Waals surface area contributed by atoms with E-state index in [-0.39, 0.29) is 11.8 Å². The number of nitrogens with one attached hydrogen (secondary N) is 3. The minimum Gasteiger partial charge on any atom is -0.444 e. The summed E-state index contributed by atoms with van der Waals surface area (Å²) in [5, 5.41) is 9.42. The van der Waals surface area contributed by atoms with Crippen molar-refractivity contribution in [1.82, 2.24) is 9.88 Å². The summed E-state index contributed by atoms with van der Waals surface area (Å²) in [4.78, 5) is 43.2. The highest BCUT2D eigenvalue weighted by atomic mass is 16.6. The SMILES string of the molecule is CC(C)(C)OC(=O)N1CCCC(C(=O)Nc2ccc(Nc3cc(NCc4ccccc4)c(C(N)=O)cn3)cc2)C1. The molecule has 4 rings (SSSR count). The highest BCUT2D eigenvalue weighted by Gasteiger charge is 2.31. The zero-order valence-corrected chi connectivity index (χ0v) is 23.1. The number of hydrogen-bond acceptors (Lipinski definition) is 7. The largest absolute Gasteiger partial charge is 0.444 e. The monoisotopic (exact) mass is 544 g/mol. The summed E-state index contributed by atoms with van der Waals surface area (Å²) in [6.07, 6.45) is 2.50. The summed E-state index contributed by atoms with van der Waals surface area (Å²) in [6, 6.07) is 18.8. The van der Waals surface area contributed by atoms with Gasteiger partial charge in [-0.1, -0.05) is 30.3 Å². The Morgan fingerprint density at radius 2 is 1.75 bits per heavy atom.